The van der Waals surface area contributed by atoms with Gasteiger partial charge in [-0.1, -0.05) is 61.0 Å². The summed E-state index contributed by atoms with van der Waals surface area (Å²) < 4.78 is 11.4. The molecule has 0 spiro atoms. The van der Waals surface area contributed by atoms with E-state index in [1.165, 1.54) is 24.1 Å². The Morgan fingerprint density at radius 2 is 1.64 bits per heavy atom. The highest BCUT2D eigenvalue weighted by molar-refractivity contribution is 9.10. The van der Waals surface area contributed by atoms with Crippen LogP contribution < -0.4 is 4.90 Å². The fraction of sp³-hybridized carbons (Fsp3) is 0.194. The first-order chi connectivity index (χ1) is 18.5. The Morgan fingerprint density at radius 3 is 2.26 bits per heavy atom. The number of esters is 1. The Morgan fingerprint density at radius 1 is 0.974 bits per heavy atom. The summed E-state index contributed by atoms with van der Waals surface area (Å²) >= 11 is 3.42. The number of fused-ring (bicyclic) bond motifs is 1. The number of hydrogen-bond donors (Lipinski definition) is 1. The predicted octanol–water partition coefficient (Wildman–Crippen LogP) is 7.06. The number of methoxy groups -OCH3 is 1. The van der Waals surface area contributed by atoms with Crippen LogP contribution in [0, 0.1) is 0 Å². The number of furan rings is 1. The molecule has 0 saturated heterocycles. The minimum atomic E-state index is -0.928. The van der Waals surface area contributed by atoms with E-state index in [0.717, 1.165) is 10.0 Å². The molecule has 8 heteroatoms. The minimum Gasteiger partial charge on any atom is -0.503 e. The van der Waals surface area contributed by atoms with Crippen LogP contribution in [0.25, 0.3) is 11.0 Å². The van der Waals surface area contributed by atoms with Crippen molar-refractivity contribution in [2.75, 3.05) is 12.0 Å². The molecule has 3 aromatic carbocycles. The third-order valence-corrected chi connectivity index (χ3v) is 7.31. The van der Waals surface area contributed by atoms with Gasteiger partial charge in [0.2, 0.25) is 5.78 Å². The van der Waals surface area contributed by atoms with E-state index in [9.17, 15) is 19.5 Å². The van der Waals surface area contributed by atoms with Crippen LogP contribution in [0.2, 0.25) is 0 Å². The van der Waals surface area contributed by atoms with E-state index < -0.39 is 29.5 Å². The standard InChI is InChI=1S/C31H26BrNO6/c1-31(2,3)20-9-5-17(6-10-20)26-25(27(34)24-16-19-15-21(32)11-14-23(19)39-24)28(35)29(36)33(26)22-12-7-18(8-13-22)30(37)38-4/h5-16,26,35H,1-4H3. The van der Waals surface area contributed by atoms with Crippen molar-refractivity contribution in [2.24, 2.45) is 0 Å². The molecule has 1 amide bonds. The predicted molar refractivity (Wildman–Crippen MR) is 151 cm³/mol. The SMILES string of the molecule is COC(=O)c1ccc(N2C(=O)C(O)=C(C(=O)c3cc4cc(Br)ccc4o3)C2c2ccc(C(C)(C)C)cc2)cc1. The van der Waals surface area contributed by atoms with Crippen LogP contribution in [-0.4, -0.2) is 29.9 Å². The summed E-state index contributed by atoms with van der Waals surface area (Å²) in [7, 11) is 1.29. The highest BCUT2D eigenvalue weighted by atomic mass is 79.9. The first kappa shape index (κ1) is 26.4. The summed E-state index contributed by atoms with van der Waals surface area (Å²) in [4.78, 5) is 40.7. The normalized spacial score (nSPS) is 15.8. The average molecular weight is 588 g/mol. The van der Waals surface area contributed by atoms with Gasteiger partial charge in [-0.2, -0.15) is 0 Å². The van der Waals surface area contributed by atoms with Gasteiger partial charge >= 0.3 is 5.97 Å². The monoisotopic (exact) mass is 587 g/mol. The van der Waals surface area contributed by atoms with Gasteiger partial charge in [0.05, 0.1) is 24.3 Å². The fourth-order valence-electron chi connectivity index (χ4n) is 4.72. The molecule has 0 aliphatic carbocycles. The summed E-state index contributed by atoms with van der Waals surface area (Å²) in [5.74, 6) is -2.48. The zero-order valence-corrected chi connectivity index (χ0v) is 23.4. The number of nitrogens with zero attached hydrogens (tertiary/aromatic N) is 1. The van der Waals surface area contributed by atoms with Gasteiger partial charge in [-0.15, -0.1) is 0 Å². The lowest BCUT2D eigenvalue weighted by atomic mass is 9.85. The number of amides is 1. The number of hydrogen-bond acceptors (Lipinski definition) is 6. The van der Waals surface area contributed by atoms with Crippen LogP contribution in [0.5, 0.6) is 0 Å². The van der Waals surface area contributed by atoms with Crippen molar-refractivity contribution in [3.63, 3.8) is 0 Å². The Balaban J connectivity index is 1.63. The lowest BCUT2D eigenvalue weighted by molar-refractivity contribution is -0.117. The number of Topliss-reactive ketones (excluding diaryl/α,β-unsaturated/α-hetero) is 1. The lowest BCUT2D eigenvalue weighted by Gasteiger charge is -2.28. The van der Waals surface area contributed by atoms with E-state index in [0.29, 0.717) is 27.8 Å². The summed E-state index contributed by atoms with van der Waals surface area (Å²) in [6, 6.07) is 19.9. The molecule has 0 saturated carbocycles. The van der Waals surface area contributed by atoms with Crippen molar-refractivity contribution in [1.29, 1.82) is 0 Å². The molecule has 1 atom stereocenters. The molecule has 0 radical (unpaired) electrons. The third-order valence-electron chi connectivity index (χ3n) is 6.81. The molecule has 1 N–H and O–H groups in total. The summed E-state index contributed by atoms with van der Waals surface area (Å²) in [6.45, 7) is 6.28. The van der Waals surface area contributed by atoms with Crippen LogP contribution in [0.3, 0.4) is 0 Å². The van der Waals surface area contributed by atoms with Crippen LogP contribution in [-0.2, 0) is 14.9 Å². The Labute approximate surface area is 233 Å². The van der Waals surface area contributed by atoms with E-state index in [4.69, 9.17) is 9.15 Å². The zero-order chi connectivity index (χ0) is 28.1. The summed E-state index contributed by atoms with van der Waals surface area (Å²) in [5, 5.41) is 11.8. The molecule has 1 unspecified atom stereocenters. The van der Waals surface area contributed by atoms with Gasteiger partial charge in [0, 0.05) is 15.5 Å². The smallest absolute Gasteiger partial charge is 0.337 e. The maximum atomic E-state index is 13.9. The molecule has 0 fully saturated rings. The summed E-state index contributed by atoms with van der Waals surface area (Å²) in [6.07, 6.45) is 0. The number of benzene rings is 3. The van der Waals surface area contributed by atoms with Gasteiger partial charge in [0.25, 0.3) is 5.91 Å². The number of aliphatic hydroxyl groups excluding tert-OH is 1. The number of carbonyl (C=O) groups is 3. The van der Waals surface area contributed by atoms with Crippen LogP contribution in [0.1, 0.15) is 58.9 Å². The van der Waals surface area contributed by atoms with E-state index in [2.05, 4.69) is 36.7 Å². The third kappa shape index (κ3) is 4.76. The number of ether oxygens (including phenoxy) is 1. The summed E-state index contributed by atoms with van der Waals surface area (Å²) in [5.41, 5.74) is 2.74. The second-order valence-electron chi connectivity index (χ2n) is 10.4. The van der Waals surface area contributed by atoms with E-state index in [1.807, 2.05) is 30.3 Å². The highest BCUT2D eigenvalue weighted by Gasteiger charge is 2.45. The Bertz CT molecular complexity index is 1640. The van der Waals surface area contributed by atoms with E-state index in [1.54, 1.807) is 30.3 Å². The maximum absolute atomic E-state index is 13.9. The van der Waals surface area contributed by atoms with Crippen molar-refractivity contribution in [1.82, 2.24) is 0 Å². The molecule has 7 nitrogen and oxygen atoms in total. The zero-order valence-electron chi connectivity index (χ0n) is 21.8. The van der Waals surface area contributed by atoms with Gasteiger partial charge in [-0.3, -0.25) is 14.5 Å². The van der Waals surface area contributed by atoms with Crippen molar-refractivity contribution in [3.8, 4) is 0 Å². The lowest BCUT2D eigenvalue weighted by Crippen LogP contribution is -2.31. The molecule has 1 aliphatic heterocycles. The van der Waals surface area contributed by atoms with Crippen molar-refractivity contribution in [3.05, 3.63) is 111 Å². The van der Waals surface area contributed by atoms with Crippen molar-refractivity contribution < 1.29 is 28.6 Å². The number of rotatable bonds is 5. The van der Waals surface area contributed by atoms with Gasteiger partial charge < -0.3 is 14.3 Å². The second-order valence-corrected chi connectivity index (χ2v) is 11.3. The van der Waals surface area contributed by atoms with Crippen LogP contribution in [0.4, 0.5) is 5.69 Å². The topological polar surface area (TPSA) is 97.0 Å². The highest BCUT2D eigenvalue weighted by Crippen LogP contribution is 2.43. The molecule has 39 heavy (non-hydrogen) atoms. The molecule has 198 valence electrons. The van der Waals surface area contributed by atoms with Gasteiger partial charge in [0.15, 0.2) is 11.5 Å². The maximum Gasteiger partial charge on any atom is 0.337 e. The molecule has 5 rings (SSSR count). The van der Waals surface area contributed by atoms with Gasteiger partial charge in [0.1, 0.15) is 5.58 Å². The molecule has 4 aromatic rings. The number of anilines is 1. The average Bonchev–Trinajstić information content (AvgIpc) is 3.45. The van der Waals surface area contributed by atoms with E-state index in [-0.39, 0.29) is 16.7 Å². The quantitative estimate of drug-likeness (QED) is 0.198. The van der Waals surface area contributed by atoms with Crippen LogP contribution >= 0.6 is 15.9 Å². The number of halogens is 1. The Hall–Kier alpha value is -4.17. The number of carbonyl (C=O) groups excluding carboxylic acids is 3. The molecule has 0 bridgehead atoms. The first-order valence-electron chi connectivity index (χ1n) is 12.3. The fourth-order valence-corrected chi connectivity index (χ4v) is 5.10. The second kappa shape index (κ2) is 9.85. The molecule has 1 aliphatic rings. The number of ketones is 1. The largest absolute Gasteiger partial charge is 0.503 e. The minimum absolute atomic E-state index is 0.0108. The van der Waals surface area contributed by atoms with Crippen LogP contribution in [0.15, 0.2) is 93.0 Å². The molecule has 1 aromatic heterocycles. The van der Waals surface area contributed by atoms with E-state index >= 15 is 0 Å². The van der Waals surface area contributed by atoms with Crippen molar-refractivity contribution >= 4 is 50.2 Å². The number of aliphatic hydroxyl groups is 1. The van der Waals surface area contributed by atoms with Crippen molar-refractivity contribution in [2.45, 2.75) is 32.2 Å². The van der Waals surface area contributed by atoms with Gasteiger partial charge in [-0.25, -0.2) is 4.79 Å². The first-order valence-corrected chi connectivity index (χ1v) is 13.1. The Kier molecular flexibility index (Phi) is 6.68. The van der Waals surface area contributed by atoms with Gasteiger partial charge in [-0.05, 0) is 65.1 Å². The molecule has 2 heterocycles. The molecular formula is C31H26BrNO6. The molecular weight excluding hydrogens is 562 g/mol.